The molecule has 0 atom stereocenters. The van der Waals surface area contributed by atoms with Crippen molar-refractivity contribution >= 4 is 0 Å². The highest BCUT2D eigenvalue weighted by molar-refractivity contribution is 5.81. The normalized spacial score (nSPS) is 11.5. The summed E-state index contributed by atoms with van der Waals surface area (Å²) < 4.78 is 0. The SMILES string of the molecule is Cc1cc(C)cc(-c2ncc(-c3cc(C(C)C)ccc3C(C)C)nc2-c2cc(C)cc(C)c2)c1. The first kappa shape index (κ1) is 23.9. The van der Waals surface area contributed by atoms with Gasteiger partial charge in [0.05, 0.1) is 23.3 Å². The van der Waals surface area contributed by atoms with Gasteiger partial charge in [-0.15, -0.1) is 0 Å². The highest BCUT2D eigenvalue weighted by Crippen LogP contribution is 2.36. The van der Waals surface area contributed by atoms with Crippen LogP contribution in [-0.2, 0) is 0 Å². The molecule has 1 aromatic heterocycles. The van der Waals surface area contributed by atoms with Gasteiger partial charge in [-0.25, -0.2) is 4.98 Å². The summed E-state index contributed by atoms with van der Waals surface area (Å²) in [6.45, 7) is 17.5. The molecule has 0 aliphatic carbocycles. The highest BCUT2D eigenvalue weighted by Gasteiger charge is 2.18. The van der Waals surface area contributed by atoms with E-state index in [-0.39, 0.29) is 0 Å². The van der Waals surface area contributed by atoms with Gasteiger partial charge >= 0.3 is 0 Å². The van der Waals surface area contributed by atoms with E-state index in [1.807, 2.05) is 6.20 Å². The van der Waals surface area contributed by atoms with E-state index in [0.29, 0.717) is 11.8 Å². The van der Waals surface area contributed by atoms with Gasteiger partial charge in [0.15, 0.2) is 0 Å². The molecule has 0 fully saturated rings. The van der Waals surface area contributed by atoms with Crippen molar-refractivity contribution < 1.29 is 0 Å². The zero-order valence-electron chi connectivity index (χ0n) is 21.8. The van der Waals surface area contributed by atoms with Gasteiger partial charge in [-0.1, -0.05) is 74.2 Å². The van der Waals surface area contributed by atoms with Crippen LogP contribution in [0.25, 0.3) is 33.8 Å². The number of aromatic nitrogens is 2. The second kappa shape index (κ2) is 9.54. The molecule has 174 valence electrons. The maximum absolute atomic E-state index is 5.31. The molecule has 3 aromatic carbocycles. The lowest BCUT2D eigenvalue weighted by Crippen LogP contribution is -2.01. The fourth-order valence-electron chi connectivity index (χ4n) is 4.81. The van der Waals surface area contributed by atoms with Crippen molar-refractivity contribution in [2.45, 2.75) is 67.2 Å². The molecule has 0 saturated carbocycles. The second-order valence-electron chi connectivity index (χ2n) is 10.4. The summed E-state index contributed by atoms with van der Waals surface area (Å²) in [5, 5.41) is 0. The fraction of sp³-hybridized carbons (Fsp3) is 0.312. The van der Waals surface area contributed by atoms with Crippen LogP contribution in [0.1, 0.15) is 72.9 Å². The van der Waals surface area contributed by atoms with Gasteiger partial charge in [0, 0.05) is 16.7 Å². The lowest BCUT2D eigenvalue weighted by molar-refractivity contribution is 0.846. The molecule has 0 saturated heterocycles. The topological polar surface area (TPSA) is 25.8 Å². The summed E-state index contributed by atoms with van der Waals surface area (Å²) in [5.74, 6) is 0.864. The number of rotatable bonds is 5. The summed E-state index contributed by atoms with van der Waals surface area (Å²) in [6, 6.07) is 20.1. The maximum Gasteiger partial charge on any atom is 0.0972 e. The molecular formula is C32H36N2. The molecule has 1 heterocycles. The van der Waals surface area contributed by atoms with E-state index in [0.717, 1.165) is 28.2 Å². The molecule has 0 radical (unpaired) electrons. The van der Waals surface area contributed by atoms with Crippen molar-refractivity contribution in [3.05, 3.63) is 94.2 Å². The van der Waals surface area contributed by atoms with Crippen LogP contribution in [0.5, 0.6) is 0 Å². The summed E-state index contributed by atoms with van der Waals surface area (Å²) in [5.41, 5.74) is 13.8. The van der Waals surface area contributed by atoms with Crippen molar-refractivity contribution in [2.24, 2.45) is 0 Å². The predicted molar refractivity (Wildman–Crippen MR) is 145 cm³/mol. The number of benzene rings is 3. The Balaban J connectivity index is 2.01. The molecule has 0 N–H and O–H groups in total. The number of hydrogen-bond acceptors (Lipinski definition) is 2. The highest BCUT2D eigenvalue weighted by atomic mass is 14.8. The van der Waals surface area contributed by atoms with Gasteiger partial charge in [0.2, 0.25) is 0 Å². The van der Waals surface area contributed by atoms with Gasteiger partial charge in [-0.3, -0.25) is 4.98 Å². The lowest BCUT2D eigenvalue weighted by Gasteiger charge is -2.18. The van der Waals surface area contributed by atoms with Crippen LogP contribution in [0.15, 0.2) is 60.8 Å². The first-order chi connectivity index (χ1) is 16.1. The van der Waals surface area contributed by atoms with Crippen LogP contribution in [0.2, 0.25) is 0 Å². The second-order valence-corrected chi connectivity index (χ2v) is 10.4. The Morgan fingerprint density at radius 3 is 1.62 bits per heavy atom. The van der Waals surface area contributed by atoms with E-state index in [1.165, 1.54) is 38.9 Å². The average molecular weight is 449 g/mol. The molecule has 0 amide bonds. The Labute approximate surface area is 205 Å². The van der Waals surface area contributed by atoms with Gasteiger partial charge in [-0.05, 0) is 81.0 Å². The molecule has 0 aliphatic heterocycles. The van der Waals surface area contributed by atoms with Crippen molar-refractivity contribution in [3.8, 4) is 33.8 Å². The van der Waals surface area contributed by atoms with E-state index in [1.54, 1.807) is 0 Å². The average Bonchev–Trinajstić information content (AvgIpc) is 2.77. The molecule has 4 rings (SSSR count). The van der Waals surface area contributed by atoms with Gasteiger partial charge < -0.3 is 0 Å². The van der Waals surface area contributed by atoms with Gasteiger partial charge in [0.25, 0.3) is 0 Å². The Morgan fingerprint density at radius 2 is 1.12 bits per heavy atom. The number of nitrogens with zero attached hydrogens (tertiary/aromatic N) is 2. The van der Waals surface area contributed by atoms with Crippen molar-refractivity contribution in [2.75, 3.05) is 0 Å². The van der Waals surface area contributed by atoms with E-state index in [2.05, 4.69) is 110 Å². The van der Waals surface area contributed by atoms with E-state index in [4.69, 9.17) is 9.97 Å². The van der Waals surface area contributed by atoms with Crippen LogP contribution in [0, 0.1) is 27.7 Å². The monoisotopic (exact) mass is 448 g/mol. The van der Waals surface area contributed by atoms with Gasteiger partial charge in [-0.2, -0.15) is 0 Å². The van der Waals surface area contributed by atoms with Crippen molar-refractivity contribution in [3.63, 3.8) is 0 Å². The minimum absolute atomic E-state index is 0.404. The maximum atomic E-state index is 5.31. The zero-order chi connectivity index (χ0) is 24.6. The van der Waals surface area contributed by atoms with Crippen LogP contribution < -0.4 is 0 Å². The summed E-state index contributed by atoms with van der Waals surface area (Å²) in [6.07, 6.45) is 1.96. The third kappa shape index (κ3) is 4.97. The minimum atomic E-state index is 0.404. The predicted octanol–water partition coefficient (Wildman–Crippen LogP) is 8.96. The summed E-state index contributed by atoms with van der Waals surface area (Å²) in [4.78, 5) is 10.4. The van der Waals surface area contributed by atoms with Crippen molar-refractivity contribution in [1.29, 1.82) is 0 Å². The number of aryl methyl sites for hydroxylation is 4. The molecule has 0 aliphatic rings. The molecule has 0 bridgehead atoms. The van der Waals surface area contributed by atoms with Crippen LogP contribution in [0.4, 0.5) is 0 Å². The van der Waals surface area contributed by atoms with Crippen LogP contribution >= 0.6 is 0 Å². The standard InChI is InChI=1S/C32H36N2/c1-19(2)25-9-10-28(20(3)4)29(17-25)30-18-33-31(26-13-21(5)11-22(6)14-26)32(34-30)27-15-23(7)12-24(8)16-27/h9-20H,1-8H3. The molecule has 2 heteroatoms. The van der Waals surface area contributed by atoms with Crippen molar-refractivity contribution in [1.82, 2.24) is 9.97 Å². The minimum Gasteiger partial charge on any atom is -0.252 e. The molecule has 2 nitrogen and oxygen atoms in total. The molecule has 0 unspecified atom stereocenters. The summed E-state index contributed by atoms with van der Waals surface area (Å²) >= 11 is 0. The van der Waals surface area contributed by atoms with E-state index < -0.39 is 0 Å². The molecule has 4 aromatic rings. The Kier molecular flexibility index (Phi) is 6.70. The third-order valence-corrected chi connectivity index (χ3v) is 6.40. The quantitative estimate of drug-likeness (QED) is 0.304. The zero-order valence-corrected chi connectivity index (χ0v) is 21.8. The van der Waals surface area contributed by atoms with Crippen LogP contribution in [-0.4, -0.2) is 9.97 Å². The Hall–Kier alpha value is -3.26. The third-order valence-electron chi connectivity index (χ3n) is 6.40. The Bertz CT molecular complexity index is 1300. The fourth-order valence-corrected chi connectivity index (χ4v) is 4.81. The number of hydrogen-bond donors (Lipinski definition) is 0. The summed E-state index contributed by atoms with van der Waals surface area (Å²) in [7, 11) is 0. The molecule has 0 spiro atoms. The van der Waals surface area contributed by atoms with Crippen LogP contribution in [0.3, 0.4) is 0 Å². The first-order valence-corrected chi connectivity index (χ1v) is 12.3. The first-order valence-electron chi connectivity index (χ1n) is 12.3. The lowest BCUT2D eigenvalue weighted by atomic mass is 9.90. The molecular weight excluding hydrogens is 412 g/mol. The Morgan fingerprint density at radius 1 is 0.588 bits per heavy atom. The van der Waals surface area contributed by atoms with Gasteiger partial charge in [0.1, 0.15) is 0 Å². The van der Waals surface area contributed by atoms with E-state index in [9.17, 15) is 0 Å². The largest absolute Gasteiger partial charge is 0.252 e. The molecule has 34 heavy (non-hydrogen) atoms. The van der Waals surface area contributed by atoms with E-state index >= 15 is 0 Å². The smallest absolute Gasteiger partial charge is 0.0972 e.